The Morgan fingerprint density at radius 2 is 2.14 bits per heavy atom. The van der Waals surface area contributed by atoms with Gasteiger partial charge >= 0.3 is 0 Å². The van der Waals surface area contributed by atoms with E-state index in [1.165, 1.54) is 0 Å². The maximum atomic E-state index is 5.33. The molecule has 0 bridgehead atoms. The maximum absolute atomic E-state index is 5.33. The van der Waals surface area contributed by atoms with Crippen molar-refractivity contribution in [3.05, 3.63) is 24.4 Å². The number of aromatic nitrogens is 1. The Morgan fingerprint density at radius 1 is 1.36 bits per heavy atom. The van der Waals surface area contributed by atoms with Gasteiger partial charge in [-0.25, -0.2) is 4.98 Å². The molecule has 1 aromatic heterocycles. The summed E-state index contributed by atoms with van der Waals surface area (Å²) in [7, 11) is 1.79. The lowest BCUT2D eigenvalue weighted by molar-refractivity contribution is 0.0818. The Kier molecular flexibility index (Phi) is 2.99. The van der Waals surface area contributed by atoms with Gasteiger partial charge in [0, 0.05) is 26.4 Å². The van der Waals surface area contributed by atoms with E-state index in [9.17, 15) is 0 Å². The molecule has 1 saturated heterocycles. The van der Waals surface area contributed by atoms with Crippen LogP contribution in [0.25, 0.3) is 0 Å². The Hall–Kier alpha value is -1.09. The van der Waals surface area contributed by atoms with Crippen molar-refractivity contribution in [1.29, 1.82) is 0 Å². The summed E-state index contributed by atoms with van der Waals surface area (Å²) in [4.78, 5) is 6.65. The molecule has 0 unspecified atom stereocenters. The summed E-state index contributed by atoms with van der Waals surface area (Å²) in [6.45, 7) is 2.10. The number of hydrogen-bond donors (Lipinski definition) is 0. The van der Waals surface area contributed by atoms with Gasteiger partial charge in [-0.15, -0.1) is 0 Å². The zero-order chi connectivity index (χ0) is 9.80. The van der Waals surface area contributed by atoms with Crippen molar-refractivity contribution in [3.63, 3.8) is 0 Å². The second-order valence-electron chi connectivity index (χ2n) is 3.61. The molecule has 0 N–H and O–H groups in total. The average Bonchev–Trinajstić information content (AvgIpc) is 2.30. The summed E-state index contributed by atoms with van der Waals surface area (Å²) in [6.07, 6.45) is 4.49. The van der Waals surface area contributed by atoms with Crippen LogP contribution in [0.2, 0.25) is 0 Å². The number of anilines is 1. The first-order valence-corrected chi connectivity index (χ1v) is 5.09. The first kappa shape index (κ1) is 9.46. The Labute approximate surface area is 84.7 Å². The first-order valence-electron chi connectivity index (χ1n) is 5.09. The van der Waals surface area contributed by atoms with Gasteiger partial charge in [-0.2, -0.15) is 0 Å². The fourth-order valence-electron chi connectivity index (χ4n) is 1.86. The van der Waals surface area contributed by atoms with Crippen LogP contribution in [0.1, 0.15) is 12.8 Å². The molecule has 1 aliphatic heterocycles. The highest BCUT2D eigenvalue weighted by atomic mass is 16.5. The van der Waals surface area contributed by atoms with Crippen LogP contribution in [0.3, 0.4) is 0 Å². The third-order valence-electron chi connectivity index (χ3n) is 2.75. The van der Waals surface area contributed by atoms with E-state index in [0.717, 1.165) is 31.7 Å². The van der Waals surface area contributed by atoms with Crippen molar-refractivity contribution in [3.8, 4) is 0 Å². The predicted molar refractivity (Wildman–Crippen MR) is 56.5 cm³/mol. The van der Waals surface area contributed by atoms with E-state index in [1.807, 2.05) is 18.3 Å². The van der Waals surface area contributed by atoms with Crippen LogP contribution in [-0.4, -0.2) is 31.3 Å². The number of nitrogens with zero attached hydrogens (tertiary/aromatic N) is 2. The van der Waals surface area contributed by atoms with Gasteiger partial charge in [0.1, 0.15) is 5.82 Å². The lowest BCUT2D eigenvalue weighted by Crippen LogP contribution is -2.37. The lowest BCUT2D eigenvalue weighted by atomic mass is 10.1. The number of ether oxygens (including phenoxy) is 1. The summed E-state index contributed by atoms with van der Waals surface area (Å²) >= 11 is 0. The molecule has 1 aromatic rings. The fraction of sp³-hybridized carbons (Fsp3) is 0.545. The topological polar surface area (TPSA) is 25.4 Å². The summed E-state index contributed by atoms with van der Waals surface area (Å²) in [5.74, 6) is 1.09. The van der Waals surface area contributed by atoms with E-state index >= 15 is 0 Å². The molecule has 3 nitrogen and oxygen atoms in total. The SMILES string of the molecule is COC1CCN(c2ccccn2)CC1. The Balaban J connectivity index is 1.96. The van der Waals surface area contributed by atoms with E-state index < -0.39 is 0 Å². The largest absolute Gasteiger partial charge is 0.381 e. The Bertz CT molecular complexity index is 268. The smallest absolute Gasteiger partial charge is 0.128 e. The molecule has 0 aromatic carbocycles. The standard InChI is InChI=1S/C11H16N2O/c1-14-10-5-8-13(9-6-10)11-4-2-3-7-12-11/h2-4,7,10H,5-6,8-9H2,1H3. The van der Waals surface area contributed by atoms with Gasteiger partial charge in [-0.1, -0.05) is 6.07 Å². The number of rotatable bonds is 2. The minimum absolute atomic E-state index is 0.440. The van der Waals surface area contributed by atoms with Crippen LogP contribution in [0.15, 0.2) is 24.4 Å². The summed E-state index contributed by atoms with van der Waals surface area (Å²) < 4.78 is 5.33. The van der Waals surface area contributed by atoms with Crippen LogP contribution in [0, 0.1) is 0 Å². The molecule has 76 valence electrons. The molecule has 3 heteroatoms. The summed E-state index contributed by atoms with van der Waals surface area (Å²) in [5.41, 5.74) is 0. The zero-order valence-electron chi connectivity index (χ0n) is 8.52. The van der Waals surface area contributed by atoms with Crippen LogP contribution in [0.4, 0.5) is 5.82 Å². The van der Waals surface area contributed by atoms with Crippen molar-refractivity contribution in [2.75, 3.05) is 25.1 Å². The van der Waals surface area contributed by atoms with E-state index in [-0.39, 0.29) is 0 Å². The van der Waals surface area contributed by atoms with Crippen molar-refractivity contribution in [1.82, 2.24) is 4.98 Å². The number of methoxy groups -OCH3 is 1. The minimum Gasteiger partial charge on any atom is -0.381 e. The van der Waals surface area contributed by atoms with Crippen LogP contribution < -0.4 is 4.90 Å². The van der Waals surface area contributed by atoms with E-state index in [0.29, 0.717) is 6.10 Å². The predicted octanol–water partition coefficient (Wildman–Crippen LogP) is 1.70. The second kappa shape index (κ2) is 4.42. The summed E-state index contributed by atoms with van der Waals surface area (Å²) in [6, 6.07) is 6.04. The van der Waals surface area contributed by atoms with Gasteiger partial charge in [0.2, 0.25) is 0 Å². The number of hydrogen-bond acceptors (Lipinski definition) is 3. The molecule has 1 fully saturated rings. The van der Waals surface area contributed by atoms with Gasteiger partial charge in [0.05, 0.1) is 6.10 Å². The van der Waals surface area contributed by atoms with Crippen molar-refractivity contribution >= 4 is 5.82 Å². The van der Waals surface area contributed by atoms with E-state index in [4.69, 9.17) is 4.74 Å². The summed E-state index contributed by atoms with van der Waals surface area (Å²) in [5, 5.41) is 0. The van der Waals surface area contributed by atoms with Crippen LogP contribution >= 0.6 is 0 Å². The quantitative estimate of drug-likeness (QED) is 0.713. The van der Waals surface area contributed by atoms with Crippen LogP contribution in [0.5, 0.6) is 0 Å². The van der Waals surface area contributed by atoms with Crippen molar-refractivity contribution in [2.24, 2.45) is 0 Å². The van der Waals surface area contributed by atoms with E-state index in [2.05, 4.69) is 16.0 Å². The molecular weight excluding hydrogens is 176 g/mol. The monoisotopic (exact) mass is 192 g/mol. The van der Waals surface area contributed by atoms with Crippen molar-refractivity contribution < 1.29 is 4.74 Å². The highest BCUT2D eigenvalue weighted by Crippen LogP contribution is 2.18. The molecule has 2 rings (SSSR count). The second-order valence-corrected chi connectivity index (χ2v) is 3.61. The van der Waals surface area contributed by atoms with Gasteiger partial charge in [-0.05, 0) is 25.0 Å². The molecule has 0 spiro atoms. The molecule has 1 aliphatic rings. The minimum atomic E-state index is 0.440. The van der Waals surface area contributed by atoms with Gasteiger partial charge in [-0.3, -0.25) is 0 Å². The molecule has 0 amide bonds. The Morgan fingerprint density at radius 3 is 2.71 bits per heavy atom. The molecule has 14 heavy (non-hydrogen) atoms. The first-order chi connectivity index (χ1) is 6.90. The molecular formula is C11H16N2O. The zero-order valence-corrected chi connectivity index (χ0v) is 8.52. The third kappa shape index (κ3) is 2.04. The lowest BCUT2D eigenvalue weighted by Gasteiger charge is -2.31. The van der Waals surface area contributed by atoms with Crippen molar-refractivity contribution in [2.45, 2.75) is 18.9 Å². The van der Waals surface area contributed by atoms with Gasteiger partial charge in [0.25, 0.3) is 0 Å². The molecule has 2 heterocycles. The molecule has 0 aliphatic carbocycles. The number of piperidine rings is 1. The van der Waals surface area contributed by atoms with Gasteiger partial charge in [0.15, 0.2) is 0 Å². The molecule has 0 radical (unpaired) electrons. The average molecular weight is 192 g/mol. The van der Waals surface area contributed by atoms with E-state index in [1.54, 1.807) is 7.11 Å². The molecule has 0 saturated carbocycles. The van der Waals surface area contributed by atoms with Crippen LogP contribution in [-0.2, 0) is 4.74 Å². The molecule has 0 atom stereocenters. The highest BCUT2D eigenvalue weighted by Gasteiger charge is 2.18. The maximum Gasteiger partial charge on any atom is 0.128 e. The normalized spacial score (nSPS) is 18.5. The highest BCUT2D eigenvalue weighted by molar-refractivity contribution is 5.37. The fourth-order valence-corrected chi connectivity index (χ4v) is 1.86. The third-order valence-corrected chi connectivity index (χ3v) is 2.75. The number of pyridine rings is 1. The van der Waals surface area contributed by atoms with Gasteiger partial charge < -0.3 is 9.64 Å².